The van der Waals surface area contributed by atoms with Crippen LogP contribution in [-0.4, -0.2) is 66.4 Å². The van der Waals surface area contributed by atoms with Crippen LogP contribution in [0.4, 0.5) is 17.6 Å². The number of aromatic amines is 1. The fraction of sp³-hybridized carbons (Fsp3) is 0.520. The number of nitrogens with zero attached hydrogens (tertiary/aromatic N) is 2. The molecule has 0 saturated carbocycles. The first-order valence-corrected chi connectivity index (χ1v) is 11.9. The minimum Gasteiger partial charge on any atom is -0.542 e. The summed E-state index contributed by atoms with van der Waals surface area (Å²) < 4.78 is 46.1. The molecule has 2 aromatic rings. The van der Waals surface area contributed by atoms with Crippen LogP contribution in [0.2, 0.25) is 0 Å². The van der Waals surface area contributed by atoms with E-state index >= 15 is 0 Å². The highest BCUT2D eigenvalue weighted by molar-refractivity contribution is 5.94. The zero-order valence-electron chi connectivity index (χ0n) is 20.9. The van der Waals surface area contributed by atoms with E-state index in [0.717, 1.165) is 29.7 Å². The molecule has 2 aliphatic heterocycles. The normalized spacial score (nSPS) is 18.9. The Morgan fingerprint density at radius 3 is 2.32 bits per heavy atom. The van der Waals surface area contributed by atoms with E-state index in [1.165, 1.54) is 25.6 Å². The Morgan fingerprint density at radius 1 is 1.16 bits per heavy atom. The molecule has 3 heterocycles. The molecule has 1 aromatic carbocycles. The third kappa shape index (κ3) is 6.73. The molecule has 8 nitrogen and oxygen atoms in total. The van der Waals surface area contributed by atoms with Crippen molar-refractivity contribution in [3.63, 3.8) is 0 Å². The lowest BCUT2D eigenvalue weighted by molar-refractivity contribution is -0.869. The van der Waals surface area contributed by atoms with E-state index in [1.54, 1.807) is 28.9 Å². The number of H-pyrrole nitrogens is 1. The predicted molar refractivity (Wildman–Crippen MR) is 123 cm³/mol. The van der Waals surface area contributed by atoms with Gasteiger partial charge in [0.25, 0.3) is 11.5 Å². The molecule has 2 fully saturated rings. The van der Waals surface area contributed by atoms with Gasteiger partial charge in [0.1, 0.15) is 11.8 Å². The van der Waals surface area contributed by atoms with Gasteiger partial charge in [-0.1, -0.05) is 6.07 Å². The number of piperidine rings is 1. The summed E-state index contributed by atoms with van der Waals surface area (Å²) in [5.41, 5.74) is 3.25. The Labute approximate surface area is 211 Å². The molecule has 1 spiro atoms. The van der Waals surface area contributed by atoms with Gasteiger partial charge in [-0.15, -0.1) is 0 Å². The largest absolute Gasteiger partial charge is 0.542 e. The second kappa shape index (κ2) is 11.0. The minimum absolute atomic E-state index is 0.122. The summed E-state index contributed by atoms with van der Waals surface area (Å²) in [5, 5.41) is 15.4. The maximum atomic E-state index is 14.5. The average Bonchev–Trinajstić information content (AvgIpc) is 3.20. The van der Waals surface area contributed by atoms with E-state index in [9.17, 15) is 27.2 Å². The molecular formula is C25H30F4N4O4. The van der Waals surface area contributed by atoms with Gasteiger partial charge in [0.05, 0.1) is 31.4 Å². The summed E-state index contributed by atoms with van der Waals surface area (Å²) >= 11 is 0. The van der Waals surface area contributed by atoms with Crippen LogP contribution >= 0.6 is 0 Å². The number of hydrogen-bond donors (Lipinski definition) is 2. The van der Waals surface area contributed by atoms with Gasteiger partial charge >= 0.3 is 6.18 Å². The number of aliphatic carboxylic acids is 1. The number of carboxylic acids is 1. The first kappa shape index (κ1) is 28.3. The lowest BCUT2D eigenvalue weighted by Crippen LogP contribution is -3.07. The summed E-state index contributed by atoms with van der Waals surface area (Å²) in [6.07, 6.45) is -1.55. The van der Waals surface area contributed by atoms with Crippen molar-refractivity contribution in [2.24, 2.45) is 5.41 Å². The molecule has 2 saturated heterocycles. The van der Waals surface area contributed by atoms with Crippen LogP contribution < -0.4 is 15.6 Å². The number of carbonyl (C=O) groups is 2. The van der Waals surface area contributed by atoms with Crippen LogP contribution in [0.15, 0.2) is 23.0 Å². The fourth-order valence-electron chi connectivity index (χ4n) is 4.96. The van der Waals surface area contributed by atoms with Crippen molar-refractivity contribution < 1.29 is 37.2 Å². The first-order chi connectivity index (χ1) is 17.2. The first-order valence-electron chi connectivity index (χ1n) is 11.9. The lowest BCUT2D eigenvalue weighted by Gasteiger charge is -2.37. The van der Waals surface area contributed by atoms with Gasteiger partial charge < -0.3 is 19.7 Å². The standard InChI is InChI=1S/C23H29FN4O2.C2HF3O2/c1-15-16(2)21(29)26-25-20(15)13-17-4-5-19(24)18(12-17)22(30)28-10-7-23(8-11-28)6-9-27(3)14-23;3-2(4,5)1(6)7/h4-5,12H,6-11,13-14H2,1-3H3,(H,26,29);(H,6,7). The van der Waals surface area contributed by atoms with Crippen molar-refractivity contribution in [3.05, 3.63) is 62.3 Å². The number of alkyl halides is 3. The molecule has 2 N–H and O–H groups in total. The zero-order chi connectivity index (χ0) is 27.5. The maximum absolute atomic E-state index is 14.5. The molecule has 0 aliphatic carbocycles. The van der Waals surface area contributed by atoms with Gasteiger partial charge in [-0.25, -0.2) is 9.49 Å². The molecule has 1 amide bonds. The third-order valence-electron chi connectivity index (χ3n) is 7.36. The van der Waals surface area contributed by atoms with Crippen LogP contribution in [0.1, 0.15) is 52.0 Å². The number of carboxylic acid groups (broad SMARTS) is 1. The molecule has 12 heteroatoms. The summed E-state index contributed by atoms with van der Waals surface area (Å²) in [4.78, 5) is 36.9. The highest BCUT2D eigenvalue weighted by Gasteiger charge is 2.43. The van der Waals surface area contributed by atoms with Crippen molar-refractivity contribution in [2.45, 2.75) is 45.7 Å². The Balaban J connectivity index is 0.000000479. The molecule has 0 radical (unpaired) electrons. The number of nitrogens with one attached hydrogen (secondary N) is 2. The van der Waals surface area contributed by atoms with Crippen LogP contribution in [0.3, 0.4) is 0 Å². The highest BCUT2D eigenvalue weighted by Crippen LogP contribution is 2.36. The maximum Gasteiger partial charge on any atom is 0.430 e. The molecule has 37 heavy (non-hydrogen) atoms. The molecule has 1 aromatic heterocycles. The number of likely N-dealkylation sites (tertiary alicyclic amines) is 2. The van der Waals surface area contributed by atoms with Crippen molar-refractivity contribution in [1.29, 1.82) is 0 Å². The SMILES string of the molecule is Cc1c(Cc2ccc(F)c(C(=O)N3CCC4(CC3)CC[NH+](C)C4)c2)n[nH]c(=O)c1C.O=C([O-])C(F)(F)F. The van der Waals surface area contributed by atoms with Crippen LogP contribution in [0.5, 0.6) is 0 Å². The van der Waals surface area contributed by atoms with Crippen molar-refractivity contribution in [2.75, 3.05) is 33.2 Å². The monoisotopic (exact) mass is 526 g/mol. The molecule has 1 unspecified atom stereocenters. The molecule has 2 aliphatic rings. The zero-order valence-corrected chi connectivity index (χ0v) is 20.9. The van der Waals surface area contributed by atoms with Gasteiger partial charge in [0.2, 0.25) is 0 Å². The van der Waals surface area contributed by atoms with Crippen molar-refractivity contribution in [3.8, 4) is 0 Å². The number of benzene rings is 1. The van der Waals surface area contributed by atoms with E-state index in [4.69, 9.17) is 9.90 Å². The topological polar surface area (TPSA) is 111 Å². The molecule has 202 valence electrons. The van der Waals surface area contributed by atoms with E-state index in [0.29, 0.717) is 30.5 Å². The predicted octanol–water partition coefficient (Wildman–Crippen LogP) is 0.556. The van der Waals surface area contributed by atoms with Gasteiger partial charge in [-0.05, 0) is 49.9 Å². The number of carbonyl (C=O) groups excluding carboxylic acids is 2. The number of rotatable bonds is 3. The number of halogens is 4. The molecular weight excluding hydrogens is 496 g/mol. The fourth-order valence-corrected chi connectivity index (χ4v) is 4.96. The molecule has 1 atom stereocenters. The second-order valence-corrected chi connectivity index (χ2v) is 9.95. The Hall–Kier alpha value is -3.28. The Morgan fingerprint density at radius 2 is 1.78 bits per heavy atom. The van der Waals surface area contributed by atoms with Gasteiger partial charge in [-0.3, -0.25) is 9.59 Å². The second-order valence-electron chi connectivity index (χ2n) is 9.95. The Kier molecular flexibility index (Phi) is 8.41. The summed E-state index contributed by atoms with van der Waals surface area (Å²) in [7, 11) is 2.23. The van der Waals surface area contributed by atoms with Crippen LogP contribution in [0, 0.1) is 25.1 Å². The number of amides is 1. The molecule has 4 rings (SSSR count). The minimum atomic E-state index is -5.19. The third-order valence-corrected chi connectivity index (χ3v) is 7.36. The quantitative estimate of drug-likeness (QED) is 0.568. The van der Waals surface area contributed by atoms with Gasteiger partial charge in [0.15, 0.2) is 0 Å². The number of hydrogen-bond acceptors (Lipinski definition) is 5. The average molecular weight is 527 g/mol. The Bertz CT molecular complexity index is 1220. The van der Waals surface area contributed by atoms with Crippen LogP contribution in [0.25, 0.3) is 0 Å². The number of aromatic nitrogens is 2. The van der Waals surface area contributed by atoms with Crippen LogP contribution in [-0.2, 0) is 11.2 Å². The smallest absolute Gasteiger partial charge is 0.430 e. The number of quaternary nitrogens is 1. The van der Waals surface area contributed by atoms with E-state index in [-0.39, 0.29) is 17.0 Å². The molecule has 0 bridgehead atoms. The van der Waals surface area contributed by atoms with E-state index in [2.05, 4.69) is 17.2 Å². The van der Waals surface area contributed by atoms with Crippen molar-refractivity contribution >= 4 is 11.9 Å². The lowest BCUT2D eigenvalue weighted by atomic mass is 9.77. The highest BCUT2D eigenvalue weighted by atomic mass is 19.4. The summed E-state index contributed by atoms with van der Waals surface area (Å²) in [5.74, 6) is -3.73. The van der Waals surface area contributed by atoms with Crippen molar-refractivity contribution in [1.82, 2.24) is 15.1 Å². The van der Waals surface area contributed by atoms with E-state index in [1.807, 2.05) is 6.92 Å². The van der Waals surface area contributed by atoms with Gasteiger partial charge in [-0.2, -0.15) is 18.3 Å². The van der Waals surface area contributed by atoms with E-state index < -0.39 is 18.0 Å². The summed E-state index contributed by atoms with van der Waals surface area (Å²) in [6, 6.07) is 4.67. The van der Waals surface area contributed by atoms with Gasteiger partial charge in [0, 0.05) is 36.9 Å². The summed E-state index contributed by atoms with van der Waals surface area (Å²) in [6.45, 7) is 7.36.